The molecule has 0 amide bonds. The largest absolute Gasteiger partial charge is 0.466 e. The maximum atomic E-state index is 12.3. The van der Waals surface area contributed by atoms with Gasteiger partial charge in [0.25, 0.3) is 0 Å². The monoisotopic (exact) mass is 361 g/mol. The lowest BCUT2D eigenvalue weighted by molar-refractivity contribution is -0.140. The number of carbonyl (C=O) groups is 4. The quantitative estimate of drug-likeness (QED) is 0.358. The Bertz CT molecular complexity index is 837. The molecule has 0 aromatic heterocycles. The highest BCUT2D eigenvalue weighted by atomic mass is 16.5. The second-order valence-electron chi connectivity index (χ2n) is 4.83. The zero-order chi connectivity index (χ0) is 19.3. The van der Waals surface area contributed by atoms with Crippen LogP contribution in [-0.4, -0.2) is 45.2 Å². The standard InChI is InChI=1S/C17H15NO8/c1-23-12(19)8-9(15(20)24-2)13(16(21)25-3)14-17(22)26-11-7-5-4-6-10(11)18-14/h4-8,18H,1-3H3/b9-8-,14-13+. The van der Waals surface area contributed by atoms with Crippen molar-refractivity contribution in [1.29, 1.82) is 0 Å². The van der Waals surface area contributed by atoms with Gasteiger partial charge in [0.2, 0.25) is 0 Å². The highest BCUT2D eigenvalue weighted by molar-refractivity contribution is 6.15. The number of rotatable bonds is 4. The molecular formula is C17H15NO8. The number of nitrogens with one attached hydrogen (secondary N) is 1. The van der Waals surface area contributed by atoms with Gasteiger partial charge < -0.3 is 24.3 Å². The maximum absolute atomic E-state index is 12.3. The van der Waals surface area contributed by atoms with Crippen LogP contribution in [0.15, 0.2) is 47.2 Å². The van der Waals surface area contributed by atoms with Crippen LogP contribution in [0.25, 0.3) is 0 Å². The lowest BCUT2D eigenvalue weighted by atomic mass is 10.0. The molecule has 1 aliphatic heterocycles. The molecule has 1 N–H and O–H groups in total. The molecule has 1 aromatic rings. The van der Waals surface area contributed by atoms with Crippen LogP contribution < -0.4 is 10.1 Å². The molecule has 9 heteroatoms. The van der Waals surface area contributed by atoms with Gasteiger partial charge in [-0.1, -0.05) is 12.1 Å². The third-order valence-corrected chi connectivity index (χ3v) is 3.33. The maximum Gasteiger partial charge on any atom is 0.361 e. The second kappa shape index (κ2) is 7.97. The summed E-state index contributed by atoms with van der Waals surface area (Å²) in [5.41, 5.74) is -1.05. The molecule has 0 radical (unpaired) electrons. The van der Waals surface area contributed by atoms with Crippen LogP contribution in [-0.2, 0) is 33.4 Å². The molecule has 0 saturated heterocycles. The molecule has 1 aromatic carbocycles. The predicted molar refractivity (Wildman–Crippen MR) is 86.9 cm³/mol. The van der Waals surface area contributed by atoms with Gasteiger partial charge in [-0.15, -0.1) is 0 Å². The molecule has 0 aliphatic carbocycles. The first-order valence-corrected chi connectivity index (χ1v) is 7.22. The van der Waals surface area contributed by atoms with Crippen LogP contribution in [0, 0.1) is 0 Å². The van der Waals surface area contributed by atoms with Crippen molar-refractivity contribution in [2.75, 3.05) is 26.6 Å². The number of para-hydroxylation sites is 2. The lowest BCUT2D eigenvalue weighted by Crippen LogP contribution is -2.29. The normalized spacial score (nSPS) is 15.0. The van der Waals surface area contributed by atoms with Gasteiger partial charge in [0.1, 0.15) is 11.3 Å². The minimum atomic E-state index is -1.05. The molecule has 136 valence electrons. The Morgan fingerprint density at radius 2 is 1.65 bits per heavy atom. The Kier molecular flexibility index (Phi) is 5.74. The number of methoxy groups -OCH3 is 3. The van der Waals surface area contributed by atoms with Crippen molar-refractivity contribution in [1.82, 2.24) is 0 Å². The minimum absolute atomic E-state index is 0.238. The number of fused-ring (bicyclic) bond motifs is 1. The molecule has 26 heavy (non-hydrogen) atoms. The van der Waals surface area contributed by atoms with E-state index in [4.69, 9.17) is 4.74 Å². The van der Waals surface area contributed by atoms with Crippen LogP contribution >= 0.6 is 0 Å². The van der Waals surface area contributed by atoms with Gasteiger partial charge in [-0.05, 0) is 12.1 Å². The van der Waals surface area contributed by atoms with Gasteiger partial charge >= 0.3 is 23.9 Å². The molecule has 0 spiro atoms. The van der Waals surface area contributed by atoms with E-state index >= 15 is 0 Å². The summed E-state index contributed by atoms with van der Waals surface area (Å²) in [7, 11) is 3.19. The fourth-order valence-corrected chi connectivity index (χ4v) is 2.13. The average molecular weight is 361 g/mol. The minimum Gasteiger partial charge on any atom is -0.466 e. The number of ether oxygens (including phenoxy) is 4. The fourth-order valence-electron chi connectivity index (χ4n) is 2.13. The molecule has 1 heterocycles. The van der Waals surface area contributed by atoms with Gasteiger partial charge in [0.15, 0.2) is 5.75 Å². The van der Waals surface area contributed by atoms with Gasteiger partial charge in [0.05, 0.1) is 32.6 Å². The summed E-state index contributed by atoms with van der Waals surface area (Å²) in [6.07, 6.45) is 0.723. The van der Waals surface area contributed by atoms with E-state index in [1.54, 1.807) is 24.3 Å². The van der Waals surface area contributed by atoms with E-state index in [9.17, 15) is 19.2 Å². The van der Waals surface area contributed by atoms with Crippen molar-refractivity contribution in [2.24, 2.45) is 0 Å². The number of anilines is 1. The van der Waals surface area contributed by atoms with Crippen molar-refractivity contribution in [3.8, 4) is 5.75 Å². The Hall–Kier alpha value is -3.62. The van der Waals surface area contributed by atoms with Gasteiger partial charge in [0, 0.05) is 6.08 Å². The third kappa shape index (κ3) is 3.72. The van der Waals surface area contributed by atoms with E-state index in [2.05, 4.69) is 19.5 Å². The van der Waals surface area contributed by atoms with E-state index in [-0.39, 0.29) is 11.4 Å². The van der Waals surface area contributed by atoms with Crippen LogP contribution in [0.1, 0.15) is 0 Å². The molecule has 1 aliphatic rings. The predicted octanol–water partition coefficient (Wildman–Crippen LogP) is 0.717. The summed E-state index contributed by atoms with van der Waals surface area (Å²) in [5.74, 6) is -3.73. The van der Waals surface area contributed by atoms with Gasteiger partial charge in [-0.25, -0.2) is 19.2 Å². The van der Waals surface area contributed by atoms with Crippen molar-refractivity contribution >= 4 is 29.6 Å². The first kappa shape index (κ1) is 18.7. The summed E-state index contributed by atoms with van der Waals surface area (Å²) >= 11 is 0. The van der Waals surface area contributed by atoms with E-state index in [1.807, 2.05) is 0 Å². The van der Waals surface area contributed by atoms with Crippen molar-refractivity contribution in [2.45, 2.75) is 0 Å². The molecule has 0 atom stereocenters. The molecular weight excluding hydrogens is 346 g/mol. The first-order valence-electron chi connectivity index (χ1n) is 7.22. The van der Waals surface area contributed by atoms with Crippen molar-refractivity contribution in [3.63, 3.8) is 0 Å². The van der Waals surface area contributed by atoms with Crippen LogP contribution in [0.5, 0.6) is 5.75 Å². The number of hydrogen-bond acceptors (Lipinski definition) is 9. The number of benzene rings is 1. The highest BCUT2D eigenvalue weighted by Gasteiger charge is 2.34. The zero-order valence-electron chi connectivity index (χ0n) is 14.2. The van der Waals surface area contributed by atoms with E-state index in [0.717, 1.165) is 27.4 Å². The van der Waals surface area contributed by atoms with Crippen molar-refractivity contribution in [3.05, 3.63) is 47.2 Å². The Balaban J connectivity index is 2.69. The van der Waals surface area contributed by atoms with Crippen molar-refractivity contribution < 1.29 is 38.1 Å². The van der Waals surface area contributed by atoms with Crippen LogP contribution in [0.4, 0.5) is 5.69 Å². The fraction of sp³-hybridized carbons (Fsp3) is 0.176. The summed E-state index contributed by atoms with van der Waals surface area (Å²) in [5, 5.41) is 2.72. The summed E-state index contributed by atoms with van der Waals surface area (Å²) in [4.78, 5) is 48.3. The Morgan fingerprint density at radius 3 is 2.27 bits per heavy atom. The summed E-state index contributed by atoms with van der Waals surface area (Å²) in [6.45, 7) is 0. The van der Waals surface area contributed by atoms with Gasteiger partial charge in [-0.3, -0.25) is 0 Å². The molecule has 0 bridgehead atoms. The molecule has 0 unspecified atom stereocenters. The van der Waals surface area contributed by atoms with Crippen LogP contribution in [0.3, 0.4) is 0 Å². The Morgan fingerprint density at radius 1 is 1.00 bits per heavy atom. The zero-order valence-corrected chi connectivity index (χ0v) is 14.2. The number of carbonyl (C=O) groups excluding carboxylic acids is 4. The lowest BCUT2D eigenvalue weighted by Gasteiger charge is -2.22. The average Bonchev–Trinajstić information content (AvgIpc) is 2.66. The Labute approximate surface area is 148 Å². The summed E-state index contributed by atoms with van der Waals surface area (Å²) in [6, 6.07) is 6.46. The molecule has 0 fully saturated rings. The molecule has 0 saturated carbocycles. The molecule has 2 rings (SSSR count). The van der Waals surface area contributed by atoms with Gasteiger partial charge in [-0.2, -0.15) is 0 Å². The third-order valence-electron chi connectivity index (χ3n) is 3.33. The smallest absolute Gasteiger partial charge is 0.361 e. The van der Waals surface area contributed by atoms with Crippen LogP contribution in [0.2, 0.25) is 0 Å². The SMILES string of the molecule is COC(=O)/C=C(C(=O)OC)/C(C(=O)OC)=C1\Nc2ccccc2OC1=O. The number of hydrogen-bond donors (Lipinski definition) is 1. The van der Waals surface area contributed by atoms with E-state index in [0.29, 0.717) is 5.69 Å². The van der Waals surface area contributed by atoms with E-state index < -0.39 is 35.0 Å². The van der Waals surface area contributed by atoms with E-state index in [1.165, 1.54) is 0 Å². The molecule has 9 nitrogen and oxygen atoms in total. The first-order chi connectivity index (χ1) is 12.4. The second-order valence-corrected chi connectivity index (χ2v) is 4.83. The topological polar surface area (TPSA) is 117 Å². The summed E-state index contributed by atoms with van der Waals surface area (Å²) < 4.78 is 18.9. The highest BCUT2D eigenvalue weighted by Crippen LogP contribution is 2.32. The number of esters is 4.